The molecule has 0 saturated heterocycles. The Balaban J connectivity index is 2.29. The molecule has 2 aromatic rings. The largest absolute Gasteiger partial charge is 0.0616 e. The Morgan fingerprint density at radius 1 is 0.750 bits per heavy atom. The molecule has 0 fully saturated rings. The highest BCUT2D eigenvalue weighted by atomic mass is 14.4. The summed E-state index contributed by atoms with van der Waals surface area (Å²) in [5, 5.41) is 2.77. The molecule has 0 aliphatic heterocycles. The lowest BCUT2D eigenvalue weighted by molar-refractivity contribution is 0.464. The summed E-state index contributed by atoms with van der Waals surface area (Å²) in [4.78, 5) is 0. The molecule has 82 valence electrons. The zero-order valence-electron chi connectivity index (χ0n) is 10.2. The predicted octanol–water partition coefficient (Wildman–Crippen LogP) is 4.70. The molecule has 0 radical (unpaired) electrons. The van der Waals surface area contributed by atoms with Gasteiger partial charge in [0, 0.05) is 0 Å². The molecule has 1 aliphatic rings. The summed E-state index contributed by atoms with van der Waals surface area (Å²) in [6.45, 7) is 7.10. The Kier molecular flexibility index (Phi) is 2.07. The van der Waals surface area contributed by atoms with Crippen LogP contribution in [0.3, 0.4) is 0 Å². The molecule has 0 spiro atoms. The van der Waals surface area contributed by atoms with E-state index in [1.54, 1.807) is 11.1 Å². The summed E-state index contributed by atoms with van der Waals surface area (Å²) in [5.74, 6) is 2.18. The Bertz CT molecular complexity index is 490. The van der Waals surface area contributed by atoms with E-state index in [0.717, 1.165) is 5.92 Å². The maximum absolute atomic E-state index is 2.40. The molecule has 2 unspecified atom stereocenters. The Labute approximate surface area is 97.3 Å². The third-order valence-corrected chi connectivity index (χ3v) is 4.51. The maximum Gasteiger partial charge on any atom is -0.0156 e. The van der Waals surface area contributed by atoms with Crippen molar-refractivity contribution in [2.24, 2.45) is 5.92 Å². The van der Waals surface area contributed by atoms with Gasteiger partial charge >= 0.3 is 0 Å². The van der Waals surface area contributed by atoms with Crippen LogP contribution in [-0.4, -0.2) is 0 Å². The van der Waals surface area contributed by atoms with E-state index in [1.807, 2.05) is 0 Å². The molecule has 0 amide bonds. The van der Waals surface area contributed by atoms with Crippen LogP contribution >= 0.6 is 0 Å². The third kappa shape index (κ3) is 1.22. The van der Waals surface area contributed by atoms with Crippen LogP contribution < -0.4 is 0 Å². The van der Waals surface area contributed by atoms with Crippen LogP contribution in [-0.2, 0) is 0 Å². The van der Waals surface area contributed by atoms with Gasteiger partial charge in [-0.25, -0.2) is 0 Å². The SMILES string of the molecule is CC1c2cc3ccccc3cc2C(C)C1C. The molecule has 2 atom stereocenters. The Morgan fingerprint density at radius 2 is 1.19 bits per heavy atom. The van der Waals surface area contributed by atoms with Gasteiger partial charge in [0.05, 0.1) is 0 Å². The van der Waals surface area contributed by atoms with Crippen molar-refractivity contribution in [1.82, 2.24) is 0 Å². The van der Waals surface area contributed by atoms with Crippen LogP contribution in [0.5, 0.6) is 0 Å². The first-order chi connectivity index (χ1) is 7.68. The normalized spacial score (nSPS) is 28.3. The lowest BCUT2D eigenvalue weighted by Crippen LogP contribution is -2.01. The summed E-state index contributed by atoms with van der Waals surface area (Å²) in [5.41, 5.74) is 3.14. The van der Waals surface area contributed by atoms with Crippen molar-refractivity contribution in [3.05, 3.63) is 47.5 Å². The maximum atomic E-state index is 2.40. The van der Waals surface area contributed by atoms with E-state index in [-0.39, 0.29) is 0 Å². The van der Waals surface area contributed by atoms with E-state index < -0.39 is 0 Å². The number of hydrogen-bond donors (Lipinski definition) is 0. The Hall–Kier alpha value is -1.30. The van der Waals surface area contributed by atoms with Crippen molar-refractivity contribution in [1.29, 1.82) is 0 Å². The van der Waals surface area contributed by atoms with Crippen molar-refractivity contribution < 1.29 is 0 Å². The molecule has 0 aromatic heterocycles. The standard InChI is InChI=1S/C16H18/c1-10-11(2)15-8-13-6-4-5-7-14(13)9-16(15)12(10)3/h4-12H,1-3H3. The van der Waals surface area contributed by atoms with Gasteiger partial charge < -0.3 is 0 Å². The second kappa shape index (κ2) is 3.35. The molecular formula is C16H18. The molecule has 3 rings (SSSR count). The first-order valence-corrected chi connectivity index (χ1v) is 6.21. The molecular weight excluding hydrogens is 192 g/mol. The van der Waals surface area contributed by atoms with Crippen LogP contribution in [0.4, 0.5) is 0 Å². The van der Waals surface area contributed by atoms with Crippen molar-refractivity contribution >= 4 is 10.8 Å². The van der Waals surface area contributed by atoms with Gasteiger partial charge in [-0.15, -0.1) is 0 Å². The van der Waals surface area contributed by atoms with Gasteiger partial charge in [0.1, 0.15) is 0 Å². The minimum absolute atomic E-state index is 0.703. The fourth-order valence-electron chi connectivity index (χ4n) is 3.06. The Morgan fingerprint density at radius 3 is 1.62 bits per heavy atom. The van der Waals surface area contributed by atoms with Gasteiger partial charge in [0.25, 0.3) is 0 Å². The van der Waals surface area contributed by atoms with Gasteiger partial charge in [-0.3, -0.25) is 0 Å². The first kappa shape index (κ1) is 9.89. The highest BCUT2D eigenvalue weighted by molar-refractivity contribution is 5.84. The van der Waals surface area contributed by atoms with E-state index in [2.05, 4.69) is 57.2 Å². The topological polar surface area (TPSA) is 0 Å². The summed E-state index contributed by atoms with van der Waals surface area (Å²) in [6.07, 6.45) is 0. The van der Waals surface area contributed by atoms with E-state index >= 15 is 0 Å². The molecule has 0 heterocycles. The minimum Gasteiger partial charge on any atom is -0.0616 e. The fraction of sp³-hybridized carbons (Fsp3) is 0.375. The molecule has 0 saturated carbocycles. The molecule has 0 heteroatoms. The number of hydrogen-bond acceptors (Lipinski definition) is 0. The molecule has 2 aromatic carbocycles. The highest BCUT2D eigenvalue weighted by Crippen LogP contribution is 2.46. The van der Waals surface area contributed by atoms with E-state index in [1.165, 1.54) is 10.8 Å². The zero-order valence-corrected chi connectivity index (χ0v) is 10.2. The van der Waals surface area contributed by atoms with Crippen LogP contribution in [0.15, 0.2) is 36.4 Å². The smallest absolute Gasteiger partial charge is 0.0156 e. The van der Waals surface area contributed by atoms with Crippen molar-refractivity contribution in [3.63, 3.8) is 0 Å². The van der Waals surface area contributed by atoms with Gasteiger partial charge in [0.15, 0.2) is 0 Å². The van der Waals surface area contributed by atoms with E-state index in [0.29, 0.717) is 11.8 Å². The van der Waals surface area contributed by atoms with Crippen molar-refractivity contribution in [2.45, 2.75) is 32.6 Å². The monoisotopic (exact) mass is 210 g/mol. The predicted molar refractivity (Wildman–Crippen MR) is 69.9 cm³/mol. The second-order valence-electron chi connectivity index (χ2n) is 5.26. The molecule has 1 aliphatic carbocycles. The quantitative estimate of drug-likeness (QED) is 0.591. The van der Waals surface area contributed by atoms with Gasteiger partial charge in [-0.05, 0) is 39.7 Å². The zero-order chi connectivity index (χ0) is 11.3. The van der Waals surface area contributed by atoms with Crippen molar-refractivity contribution in [3.8, 4) is 0 Å². The van der Waals surface area contributed by atoms with Crippen LogP contribution in [0, 0.1) is 5.92 Å². The second-order valence-corrected chi connectivity index (χ2v) is 5.26. The van der Waals surface area contributed by atoms with Crippen LogP contribution in [0.2, 0.25) is 0 Å². The molecule has 0 bridgehead atoms. The minimum atomic E-state index is 0.703. The van der Waals surface area contributed by atoms with Gasteiger partial charge in [-0.2, -0.15) is 0 Å². The fourth-order valence-corrected chi connectivity index (χ4v) is 3.06. The van der Waals surface area contributed by atoms with E-state index in [9.17, 15) is 0 Å². The number of rotatable bonds is 0. The van der Waals surface area contributed by atoms with Crippen molar-refractivity contribution in [2.75, 3.05) is 0 Å². The van der Waals surface area contributed by atoms with E-state index in [4.69, 9.17) is 0 Å². The highest BCUT2D eigenvalue weighted by Gasteiger charge is 2.32. The first-order valence-electron chi connectivity index (χ1n) is 6.21. The number of benzene rings is 2. The van der Waals surface area contributed by atoms with Gasteiger partial charge in [-0.1, -0.05) is 57.2 Å². The average Bonchev–Trinajstić information content (AvgIpc) is 2.52. The van der Waals surface area contributed by atoms with Crippen LogP contribution in [0.25, 0.3) is 10.8 Å². The number of fused-ring (bicyclic) bond motifs is 2. The third-order valence-electron chi connectivity index (χ3n) is 4.51. The molecule has 0 N–H and O–H groups in total. The lowest BCUT2D eigenvalue weighted by atomic mass is 9.91. The molecule has 16 heavy (non-hydrogen) atoms. The van der Waals surface area contributed by atoms with Gasteiger partial charge in [0.2, 0.25) is 0 Å². The average molecular weight is 210 g/mol. The summed E-state index contributed by atoms with van der Waals surface area (Å²) in [7, 11) is 0. The summed E-state index contributed by atoms with van der Waals surface area (Å²) in [6, 6.07) is 13.5. The molecule has 0 nitrogen and oxygen atoms in total. The van der Waals surface area contributed by atoms with Crippen LogP contribution in [0.1, 0.15) is 43.7 Å². The lowest BCUT2D eigenvalue weighted by Gasteiger charge is -2.13. The summed E-state index contributed by atoms with van der Waals surface area (Å²) < 4.78 is 0. The summed E-state index contributed by atoms with van der Waals surface area (Å²) >= 11 is 0.